The summed E-state index contributed by atoms with van der Waals surface area (Å²) in [6, 6.07) is 6.04. The highest BCUT2D eigenvalue weighted by atomic mass is 32.2. The van der Waals surface area contributed by atoms with Crippen molar-refractivity contribution in [3.63, 3.8) is 0 Å². The van der Waals surface area contributed by atoms with Crippen LogP contribution in [0.4, 0.5) is 29.0 Å². The maximum atomic E-state index is 15.5. The summed E-state index contributed by atoms with van der Waals surface area (Å²) in [6.45, 7) is 6.64. The molecule has 1 fully saturated rings. The molecule has 18 heteroatoms. The van der Waals surface area contributed by atoms with Gasteiger partial charge in [-0.25, -0.2) is 34.4 Å². The molecular formula is C30H32F3N9O4S2. The lowest BCUT2D eigenvalue weighted by Gasteiger charge is -2.30. The number of nitrogens with zero attached hydrogens (tertiary/aromatic N) is 6. The second-order valence-electron chi connectivity index (χ2n) is 11.8. The molecule has 13 nitrogen and oxygen atoms in total. The number of hydrogen-bond donors (Lipinski definition) is 3. The predicted molar refractivity (Wildman–Crippen MR) is 177 cm³/mol. The quantitative estimate of drug-likeness (QED) is 0.155. The molecule has 3 unspecified atom stereocenters. The van der Waals surface area contributed by atoms with Gasteiger partial charge in [-0.3, -0.25) is 9.79 Å². The van der Waals surface area contributed by atoms with E-state index in [2.05, 4.69) is 25.3 Å². The summed E-state index contributed by atoms with van der Waals surface area (Å²) in [5.74, 6) is 3.17. The van der Waals surface area contributed by atoms with Gasteiger partial charge in [0.05, 0.1) is 24.1 Å². The standard InChI is InChI=1S/C30H32F3N9O4S2/c1-15-23-24(40-27(47-30(15,23)26(43)36-5)41(48-33)28(44)45-29(2,3)4)17-11-16(8-9-18(17)31)12-19(32)21-13-39-22(14-38-21)46-42(35)25-20(34)7-6-10-37-25/h6-15,23-24H,34-35H2,1-5H3,(H,36,43)/b19-12-/t15-,23?,24?,30?/m0/s1. The molecule has 48 heavy (non-hydrogen) atoms. The molecule has 3 aromatic rings. The number of halogens is 3. The highest BCUT2D eigenvalue weighted by Gasteiger charge is 2.73. The maximum Gasteiger partial charge on any atom is 0.428 e. The number of carbonyl (C=O) groups is 2. The van der Waals surface area contributed by atoms with Gasteiger partial charge in [-0.05, 0) is 62.6 Å². The minimum atomic E-state index is -1.17. The van der Waals surface area contributed by atoms with E-state index >= 15 is 8.78 Å². The Balaban J connectivity index is 1.43. The van der Waals surface area contributed by atoms with Crippen LogP contribution in [0.15, 0.2) is 53.9 Å². The van der Waals surface area contributed by atoms with Crippen molar-refractivity contribution in [2.75, 3.05) is 18.0 Å². The topological polar surface area (TPSA) is 174 Å². The molecule has 0 spiro atoms. The lowest BCUT2D eigenvalue weighted by atomic mass is 9.97. The average molecular weight is 704 g/mol. The van der Waals surface area contributed by atoms with Crippen LogP contribution in [0.3, 0.4) is 0 Å². The van der Waals surface area contributed by atoms with Crippen LogP contribution in [0.1, 0.15) is 50.6 Å². The molecule has 2 aliphatic rings. The highest BCUT2D eigenvalue weighted by Crippen LogP contribution is 2.68. The van der Waals surface area contributed by atoms with E-state index < -0.39 is 52.4 Å². The molecule has 1 aliphatic heterocycles. The number of aliphatic imine (C=N–C) groups is 1. The molecule has 3 heterocycles. The van der Waals surface area contributed by atoms with Gasteiger partial charge < -0.3 is 20.6 Å². The van der Waals surface area contributed by atoms with Crippen molar-refractivity contribution in [2.24, 2.45) is 22.7 Å². The minimum absolute atomic E-state index is 0.0247. The predicted octanol–water partition coefficient (Wildman–Crippen LogP) is 5.40. The molecule has 2 amide bonds. The monoisotopic (exact) mass is 703 g/mol. The largest absolute Gasteiger partial charge is 0.443 e. The first-order chi connectivity index (χ1) is 22.7. The van der Waals surface area contributed by atoms with Crippen molar-refractivity contribution in [1.82, 2.24) is 24.6 Å². The third-order valence-electron chi connectivity index (χ3n) is 7.56. The van der Waals surface area contributed by atoms with E-state index in [9.17, 15) is 13.5 Å². The number of amidine groups is 1. The molecule has 5 N–H and O–H groups in total. The van der Waals surface area contributed by atoms with E-state index in [1.807, 2.05) is 0 Å². The van der Waals surface area contributed by atoms with Gasteiger partial charge in [0.25, 0.3) is 5.88 Å². The third kappa shape index (κ3) is 6.86. The molecule has 0 radical (unpaired) electrons. The molecule has 1 saturated carbocycles. The number of carbonyl (C=O) groups excluding carboxylic acids is 2. The van der Waals surface area contributed by atoms with Gasteiger partial charge in [0, 0.05) is 24.7 Å². The van der Waals surface area contributed by atoms with Crippen molar-refractivity contribution in [2.45, 2.75) is 44.1 Å². The first kappa shape index (κ1) is 34.8. The highest BCUT2D eigenvalue weighted by molar-refractivity contribution is 8.17. The van der Waals surface area contributed by atoms with E-state index in [0.29, 0.717) is 4.31 Å². The Hall–Kier alpha value is -4.55. The summed E-state index contributed by atoms with van der Waals surface area (Å²) in [7, 11) is 1.45. The number of nitrogens with two attached hydrogens (primary N) is 2. The molecule has 5 rings (SSSR count). The van der Waals surface area contributed by atoms with E-state index in [-0.39, 0.29) is 51.2 Å². The molecule has 1 aliphatic carbocycles. The van der Waals surface area contributed by atoms with Crippen LogP contribution in [-0.2, 0) is 9.53 Å². The Morgan fingerprint density at radius 3 is 2.56 bits per heavy atom. The van der Waals surface area contributed by atoms with Gasteiger partial charge >= 0.3 is 6.09 Å². The second kappa shape index (κ2) is 13.5. The fraction of sp³-hybridized carbons (Fsp3) is 0.333. The van der Waals surface area contributed by atoms with E-state index in [1.54, 1.807) is 39.8 Å². The molecule has 254 valence electrons. The zero-order valence-electron chi connectivity index (χ0n) is 26.3. The van der Waals surface area contributed by atoms with Gasteiger partial charge in [-0.2, -0.15) is 4.31 Å². The van der Waals surface area contributed by atoms with Crippen LogP contribution in [0.2, 0.25) is 0 Å². The van der Waals surface area contributed by atoms with Crippen LogP contribution < -0.4 is 26.9 Å². The lowest BCUT2D eigenvalue weighted by molar-refractivity contribution is -0.121. The Morgan fingerprint density at radius 1 is 1.19 bits per heavy atom. The molecule has 1 aromatic carbocycles. The fourth-order valence-electron chi connectivity index (χ4n) is 5.33. The summed E-state index contributed by atoms with van der Waals surface area (Å²) in [5, 5.41) is 3.24. The van der Waals surface area contributed by atoms with Crippen LogP contribution in [0.25, 0.3) is 11.9 Å². The number of thioether (sulfide) groups is 1. The van der Waals surface area contributed by atoms with Crippen LogP contribution >= 0.6 is 24.1 Å². The average Bonchev–Trinajstić information content (AvgIpc) is 3.65. The Kier molecular flexibility index (Phi) is 9.79. The fourth-order valence-corrected chi connectivity index (χ4v) is 7.28. The zero-order chi connectivity index (χ0) is 35.0. The lowest BCUT2D eigenvalue weighted by Crippen LogP contribution is -2.42. The van der Waals surface area contributed by atoms with Crippen molar-refractivity contribution in [3.05, 3.63) is 71.6 Å². The summed E-state index contributed by atoms with van der Waals surface area (Å²) in [5.41, 5.74) is 5.24. The van der Waals surface area contributed by atoms with E-state index in [4.69, 9.17) is 21.2 Å². The maximum absolute atomic E-state index is 15.5. The van der Waals surface area contributed by atoms with Crippen LogP contribution in [0.5, 0.6) is 5.88 Å². The van der Waals surface area contributed by atoms with Gasteiger partial charge in [0.2, 0.25) is 11.7 Å². The number of ether oxygens (including phenoxy) is 1. The summed E-state index contributed by atoms with van der Waals surface area (Å²) in [4.78, 5) is 48.1. The first-order valence-corrected chi connectivity index (χ1v) is 15.9. The van der Waals surface area contributed by atoms with E-state index in [0.717, 1.165) is 41.5 Å². The summed E-state index contributed by atoms with van der Waals surface area (Å²) < 4.78 is 49.9. The number of hydrogen-bond acceptors (Lipinski definition) is 13. The minimum Gasteiger partial charge on any atom is -0.443 e. The SMILES string of the molecule is CNC(=O)C12SC(N(SF)C(=O)OC(C)(C)C)=NC(c3cc(/C=C(\F)c4cnc(ON(N)c5ncccc5N)cn4)ccc3F)C1[C@@H]2C. The molecule has 2 aromatic heterocycles. The number of amides is 2. The molecular weight excluding hydrogens is 672 g/mol. The summed E-state index contributed by atoms with van der Waals surface area (Å²) >= 11 is 0.480. The number of fused-ring (bicyclic) bond motifs is 1. The van der Waals surface area contributed by atoms with Crippen LogP contribution in [-0.4, -0.2) is 53.8 Å². The Labute approximate surface area is 282 Å². The van der Waals surface area contributed by atoms with Gasteiger partial charge in [-0.1, -0.05) is 24.8 Å². The molecule has 0 bridgehead atoms. The number of aromatic nitrogens is 3. The van der Waals surface area contributed by atoms with Crippen molar-refractivity contribution in [3.8, 4) is 5.88 Å². The smallest absolute Gasteiger partial charge is 0.428 e. The number of pyridine rings is 1. The second-order valence-corrected chi connectivity index (χ2v) is 13.6. The number of hydrazine groups is 1. The number of benzene rings is 1. The van der Waals surface area contributed by atoms with Gasteiger partial charge in [0.15, 0.2) is 23.3 Å². The van der Waals surface area contributed by atoms with E-state index in [1.165, 1.54) is 25.4 Å². The molecule has 4 atom stereocenters. The van der Waals surface area contributed by atoms with Gasteiger partial charge in [0.1, 0.15) is 21.9 Å². The van der Waals surface area contributed by atoms with Crippen LogP contribution in [0, 0.1) is 17.7 Å². The van der Waals surface area contributed by atoms with Gasteiger partial charge in [-0.15, -0.1) is 9.06 Å². The Bertz CT molecular complexity index is 1780. The number of nitrogen functional groups attached to an aromatic ring is 1. The molecule has 0 saturated heterocycles. The number of nitrogens with one attached hydrogen (secondary N) is 1. The number of rotatable bonds is 8. The number of anilines is 2. The third-order valence-corrected chi connectivity index (χ3v) is 9.77. The van der Waals surface area contributed by atoms with Crippen molar-refractivity contribution >= 4 is 64.7 Å². The zero-order valence-corrected chi connectivity index (χ0v) is 28.0. The Morgan fingerprint density at radius 2 is 1.94 bits per heavy atom. The first-order valence-electron chi connectivity index (χ1n) is 14.4. The summed E-state index contributed by atoms with van der Waals surface area (Å²) in [6.07, 6.45) is 3.79. The normalized spacial score (nSPS) is 21.8. The van der Waals surface area contributed by atoms with Crippen molar-refractivity contribution in [1.29, 1.82) is 0 Å². The van der Waals surface area contributed by atoms with Crippen molar-refractivity contribution < 1.29 is 31.8 Å².